The molecule has 110 valence electrons. The van der Waals surface area contributed by atoms with E-state index in [0.29, 0.717) is 17.7 Å². The standard InChI is InChI=1S/C17H19NO3/c1-21-15-9-5-8-14(12-15)17(20)18-16(10-11-19)13-6-3-2-4-7-13/h2-9,12,16,19H,10-11H2,1H3,(H,18,20). The van der Waals surface area contributed by atoms with Crippen molar-refractivity contribution in [1.29, 1.82) is 0 Å². The first-order chi connectivity index (χ1) is 10.2. The van der Waals surface area contributed by atoms with Crippen molar-refractivity contribution in [3.05, 3.63) is 65.7 Å². The summed E-state index contributed by atoms with van der Waals surface area (Å²) in [6.07, 6.45) is 0.472. The summed E-state index contributed by atoms with van der Waals surface area (Å²) in [5, 5.41) is 12.1. The van der Waals surface area contributed by atoms with E-state index in [2.05, 4.69) is 5.32 Å². The lowest BCUT2D eigenvalue weighted by molar-refractivity contribution is 0.0929. The zero-order valence-electron chi connectivity index (χ0n) is 12.0. The second-order valence-electron chi connectivity index (χ2n) is 4.68. The van der Waals surface area contributed by atoms with Crippen molar-refractivity contribution in [2.75, 3.05) is 13.7 Å². The molecule has 2 aromatic rings. The Kier molecular flexibility index (Phi) is 5.35. The molecule has 0 saturated carbocycles. The minimum absolute atomic E-state index is 0.0119. The Bertz CT molecular complexity index is 584. The fraction of sp³-hybridized carbons (Fsp3) is 0.235. The average molecular weight is 285 g/mol. The third-order valence-electron chi connectivity index (χ3n) is 3.26. The van der Waals surface area contributed by atoms with Crippen LogP contribution in [0.15, 0.2) is 54.6 Å². The zero-order valence-corrected chi connectivity index (χ0v) is 12.0. The number of aliphatic hydroxyl groups is 1. The smallest absolute Gasteiger partial charge is 0.251 e. The molecule has 2 rings (SSSR count). The van der Waals surface area contributed by atoms with Crippen LogP contribution in [-0.4, -0.2) is 24.7 Å². The minimum atomic E-state index is -0.213. The van der Waals surface area contributed by atoms with Gasteiger partial charge in [-0.25, -0.2) is 0 Å². The first-order valence-electron chi connectivity index (χ1n) is 6.85. The van der Waals surface area contributed by atoms with E-state index in [-0.39, 0.29) is 18.6 Å². The van der Waals surface area contributed by atoms with Crippen LogP contribution in [-0.2, 0) is 0 Å². The number of benzene rings is 2. The molecule has 0 aliphatic carbocycles. The highest BCUT2D eigenvalue weighted by Crippen LogP contribution is 2.18. The number of amides is 1. The van der Waals surface area contributed by atoms with Gasteiger partial charge in [0.1, 0.15) is 5.75 Å². The van der Waals surface area contributed by atoms with Gasteiger partial charge in [0.2, 0.25) is 0 Å². The average Bonchev–Trinajstić information content (AvgIpc) is 2.55. The van der Waals surface area contributed by atoms with Crippen molar-refractivity contribution in [3.63, 3.8) is 0 Å². The van der Waals surface area contributed by atoms with Crippen LogP contribution >= 0.6 is 0 Å². The molecule has 0 radical (unpaired) electrons. The van der Waals surface area contributed by atoms with Gasteiger partial charge in [-0.15, -0.1) is 0 Å². The van der Waals surface area contributed by atoms with Crippen LogP contribution in [0.4, 0.5) is 0 Å². The van der Waals surface area contributed by atoms with E-state index < -0.39 is 0 Å². The predicted molar refractivity (Wildman–Crippen MR) is 81.3 cm³/mol. The molecular weight excluding hydrogens is 266 g/mol. The first-order valence-corrected chi connectivity index (χ1v) is 6.85. The lowest BCUT2D eigenvalue weighted by Gasteiger charge is -2.18. The molecule has 4 heteroatoms. The number of carbonyl (C=O) groups excluding carboxylic acids is 1. The lowest BCUT2D eigenvalue weighted by Crippen LogP contribution is -2.29. The Morgan fingerprint density at radius 1 is 1.19 bits per heavy atom. The summed E-state index contributed by atoms with van der Waals surface area (Å²) >= 11 is 0. The Hall–Kier alpha value is -2.33. The van der Waals surface area contributed by atoms with Gasteiger partial charge in [0, 0.05) is 12.2 Å². The number of nitrogens with one attached hydrogen (secondary N) is 1. The summed E-state index contributed by atoms with van der Waals surface area (Å²) in [4.78, 5) is 12.3. The lowest BCUT2D eigenvalue weighted by atomic mass is 10.0. The molecule has 2 N–H and O–H groups in total. The fourth-order valence-corrected chi connectivity index (χ4v) is 2.14. The molecule has 4 nitrogen and oxygen atoms in total. The largest absolute Gasteiger partial charge is 0.497 e. The normalized spacial score (nSPS) is 11.7. The van der Waals surface area contributed by atoms with Gasteiger partial charge in [-0.1, -0.05) is 36.4 Å². The van der Waals surface area contributed by atoms with Crippen LogP contribution in [0.1, 0.15) is 28.4 Å². The topological polar surface area (TPSA) is 58.6 Å². The van der Waals surface area contributed by atoms with Gasteiger partial charge in [-0.05, 0) is 30.2 Å². The second kappa shape index (κ2) is 7.45. The maximum absolute atomic E-state index is 12.3. The number of rotatable bonds is 6. The maximum atomic E-state index is 12.3. The Balaban J connectivity index is 2.14. The molecule has 21 heavy (non-hydrogen) atoms. The SMILES string of the molecule is COc1cccc(C(=O)NC(CCO)c2ccccc2)c1. The van der Waals surface area contributed by atoms with Crippen LogP contribution in [0, 0.1) is 0 Å². The van der Waals surface area contributed by atoms with E-state index >= 15 is 0 Å². The van der Waals surface area contributed by atoms with Crippen LogP contribution in [0.25, 0.3) is 0 Å². The second-order valence-corrected chi connectivity index (χ2v) is 4.68. The van der Waals surface area contributed by atoms with Crippen molar-refractivity contribution in [2.45, 2.75) is 12.5 Å². The molecule has 0 saturated heterocycles. The number of carbonyl (C=O) groups is 1. The molecule has 2 aromatic carbocycles. The van der Waals surface area contributed by atoms with Gasteiger partial charge in [0.05, 0.1) is 13.2 Å². The van der Waals surface area contributed by atoms with E-state index in [1.54, 1.807) is 31.4 Å². The highest BCUT2D eigenvalue weighted by atomic mass is 16.5. The Labute approximate surface area is 124 Å². The van der Waals surface area contributed by atoms with Gasteiger partial charge in [0.15, 0.2) is 0 Å². The molecule has 0 fully saturated rings. The molecule has 0 heterocycles. The molecule has 0 spiro atoms. The summed E-state index contributed by atoms with van der Waals surface area (Å²) in [7, 11) is 1.57. The third-order valence-corrected chi connectivity index (χ3v) is 3.26. The van der Waals surface area contributed by atoms with Gasteiger partial charge in [-0.2, -0.15) is 0 Å². The quantitative estimate of drug-likeness (QED) is 0.857. The van der Waals surface area contributed by atoms with Crippen LogP contribution in [0.3, 0.4) is 0 Å². The van der Waals surface area contributed by atoms with E-state index in [9.17, 15) is 9.90 Å². The monoisotopic (exact) mass is 285 g/mol. The van der Waals surface area contributed by atoms with Crippen molar-refractivity contribution in [3.8, 4) is 5.75 Å². The fourth-order valence-electron chi connectivity index (χ4n) is 2.14. The molecular formula is C17H19NO3. The highest BCUT2D eigenvalue weighted by Gasteiger charge is 2.15. The molecule has 1 atom stereocenters. The van der Waals surface area contributed by atoms with E-state index in [1.165, 1.54) is 0 Å². The van der Waals surface area contributed by atoms with Crippen molar-refractivity contribution in [2.24, 2.45) is 0 Å². The van der Waals surface area contributed by atoms with Gasteiger partial charge in [0.25, 0.3) is 5.91 Å². The van der Waals surface area contributed by atoms with E-state index in [4.69, 9.17) is 4.74 Å². The molecule has 1 unspecified atom stereocenters. The minimum Gasteiger partial charge on any atom is -0.497 e. The van der Waals surface area contributed by atoms with Gasteiger partial charge < -0.3 is 15.2 Å². The molecule has 0 bridgehead atoms. The number of ether oxygens (including phenoxy) is 1. The molecule has 0 aliphatic heterocycles. The van der Waals surface area contributed by atoms with Gasteiger partial charge >= 0.3 is 0 Å². The Morgan fingerprint density at radius 3 is 2.62 bits per heavy atom. The van der Waals surface area contributed by atoms with E-state index in [1.807, 2.05) is 30.3 Å². The summed E-state index contributed by atoms with van der Waals surface area (Å²) in [6.45, 7) is 0.0119. The number of aliphatic hydroxyl groups excluding tert-OH is 1. The van der Waals surface area contributed by atoms with Crippen molar-refractivity contribution in [1.82, 2.24) is 5.32 Å². The molecule has 0 aliphatic rings. The van der Waals surface area contributed by atoms with Crippen LogP contribution in [0.2, 0.25) is 0 Å². The van der Waals surface area contributed by atoms with Gasteiger partial charge in [-0.3, -0.25) is 4.79 Å². The zero-order chi connectivity index (χ0) is 15.1. The van der Waals surface area contributed by atoms with Crippen LogP contribution < -0.4 is 10.1 Å². The number of hydrogen-bond donors (Lipinski definition) is 2. The van der Waals surface area contributed by atoms with Crippen LogP contribution in [0.5, 0.6) is 5.75 Å². The van der Waals surface area contributed by atoms with Crippen molar-refractivity contribution < 1.29 is 14.6 Å². The summed E-state index contributed by atoms with van der Waals surface area (Å²) in [5.41, 5.74) is 1.51. The number of hydrogen-bond acceptors (Lipinski definition) is 3. The Morgan fingerprint density at radius 2 is 1.95 bits per heavy atom. The van der Waals surface area contributed by atoms with E-state index in [0.717, 1.165) is 5.56 Å². The molecule has 0 aromatic heterocycles. The molecule has 1 amide bonds. The maximum Gasteiger partial charge on any atom is 0.251 e. The predicted octanol–water partition coefficient (Wildman–Crippen LogP) is 2.55. The first kappa shape index (κ1) is 15.1. The summed E-state index contributed by atoms with van der Waals surface area (Å²) < 4.78 is 5.12. The summed E-state index contributed by atoms with van der Waals surface area (Å²) in [6, 6.07) is 16.4. The summed E-state index contributed by atoms with van der Waals surface area (Å²) in [5.74, 6) is 0.456. The number of methoxy groups -OCH3 is 1. The van der Waals surface area contributed by atoms with Crippen molar-refractivity contribution >= 4 is 5.91 Å². The highest BCUT2D eigenvalue weighted by molar-refractivity contribution is 5.94. The third kappa shape index (κ3) is 4.07.